The van der Waals surface area contributed by atoms with Crippen molar-refractivity contribution in [3.8, 4) is 0 Å². The van der Waals surface area contributed by atoms with Gasteiger partial charge in [0, 0.05) is 31.7 Å². The standard InChI is InChI=1S/C17H21N5O2S.ClH/c1-2-24-9-5-8-22-14-7-4-3-6-12(14)20-17(22)21-16(23)13-11-25-15(10-18)19-13;/h3-4,6-7,11H,2,5,8-10,18H2,1H3,(H,20,21,23);1H. The van der Waals surface area contributed by atoms with Crippen molar-refractivity contribution in [2.24, 2.45) is 5.73 Å². The van der Waals surface area contributed by atoms with E-state index in [0.717, 1.165) is 22.5 Å². The summed E-state index contributed by atoms with van der Waals surface area (Å²) in [6.07, 6.45) is 0.838. The monoisotopic (exact) mass is 395 g/mol. The van der Waals surface area contributed by atoms with Crippen molar-refractivity contribution < 1.29 is 9.53 Å². The highest BCUT2D eigenvalue weighted by Crippen LogP contribution is 2.21. The zero-order valence-electron chi connectivity index (χ0n) is 14.5. The van der Waals surface area contributed by atoms with Crippen LogP contribution in [0.4, 0.5) is 5.95 Å². The third-order valence-electron chi connectivity index (χ3n) is 3.71. The summed E-state index contributed by atoms with van der Waals surface area (Å²) in [7, 11) is 0. The zero-order chi connectivity index (χ0) is 17.6. The average Bonchev–Trinajstić information content (AvgIpc) is 3.23. The van der Waals surface area contributed by atoms with E-state index >= 15 is 0 Å². The Morgan fingerprint density at radius 2 is 2.15 bits per heavy atom. The molecule has 26 heavy (non-hydrogen) atoms. The maximum Gasteiger partial charge on any atom is 0.277 e. The summed E-state index contributed by atoms with van der Waals surface area (Å²) in [5.74, 6) is 0.238. The number of nitrogens with one attached hydrogen (secondary N) is 1. The van der Waals surface area contributed by atoms with Crippen LogP contribution in [0, 0.1) is 0 Å². The van der Waals surface area contributed by atoms with Crippen molar-refractivity contribution in [2.45, 2.75) is 26.4 Å². The van der Waals surface area contributed by atoms with E-state index in [1.807, 2.05) is 35.8 Å². The summed E-state index contributed by atoms with van der Waals surface area (Å²) >= 11 is 1.38. The van der Waals surface area contributed by atoms with Gasteiger partial charge in [0.25, 0.3) is 5.91 Å². The molecule has 2 aromatic heterocycles. The number of halogens is 1. The molecule has 0 saturated carbocycles. The fourth-order valence-electron chi connectivity index (χ4n) is 2.54. The molecule has 0 saturated heterocycles. The van der Waals surface area contributed by atoms with Gasteiger partial charge in [0.1, 0.15) is 10.7 Å². The second kappa shape index (κ2) is 9.63. The maximum absolute atomic E-state index is 12.5. The molecular weight excluding hydrogens is 374 g/mol. The first-order valence-corrected chi connectivity index (χ1v) is 9.09. The first-order chi connectivity index (χ1) is 12.2. The van der Waals surface area contributed by atoms with Crippen LogP contribution in [-0.2, 0) is 17.8 Å². The Bertz CT molecular complexity index is 864. The average molecular weight is 396 g/mol. The van der Waals surface area contributed by atoms with Crippen LogP contribution < -0.4 is 11.1 Å². The van der Waals surface area contributed by atoms with E-state index in [-0.39, 0.29) is 18.3 Å². The molecular formula is C17H22ClN5O2S. The minimum Gasteiger partial charge on any atom is -0.382 e. The van der Waals surface area contributed by atoms with Crippen LogP contribution in [0.2, 0.25) is 0 Å². The number of fused-ring (bicyclic) bond motifs is 1. The van der Waals surface area contributed by atoms with Crippen molar-refractivity contribution in [3.05, 3.63) is 40.3 Å². The molecule has 0 aliphatic rings. The first kappa shape index (κ1) is 20.3. The summed E-state index contributed by atoms with van der Waals surface area (Å²) in [4.78, 5) is 21.2. The lowest BCUT2D eigenvalue weighted by Gasteiger charge is -2.09. The summed E-state index contributed by atoms with van der Waals surface area (Å²) in [5, 5.41) is 5.31. The zero-order valence-corrected chi connectivity index (χ0v) is 16.1. The SMILES string of the molecule is CCOCCCn1c(NC(=O)c2csc(CN)n2)nc2ccccc21.Cl. The Morgan fingerprint density at radius 3 is 2.88 bits per heavy atom. The molecule has 7 nitrogen and oxygen atoms in total. The summed E-state index contributed by atoms with van der Waals surface area (Å²) in [6.45, 7) is 4.38. The first-order valence-electron chi connectivity index (χ1n) is 8.21. The Hall–Kier alpha value is -2.00. The van der Waals surface area contributed by atoms with Gasteiger partial charge < -0.3 is 15.0 Å². The second-order valence-corrected chi connectivity index (χ2v) is 6.35. The molecule has 0 radical (unpaired) electrons. The molecule has 0 atom stereocenters. The third kappa shape index (κ3) is 4.59. The molecule has 0 spiro atoms. The van der Waals surface area contributed by atoms with Crippen LogP contribution >= 0.6 is 23.7 Å². The van der Waals surface area contributed by atoms with E-state index in [1.165, 1.54) is 11.3 Å². The number of anilines is 1. The molecule has 0 aliphatic carbocycles. The number of ether oxygens (including phenoxy) is 1. The molecule has 3 rings (SSSR count). The summed E-state index contributed by atoms with van der Waals surface area (Å²) < 4.78 is 7.41. The molecule has 3 aromatic rings. The number of nitrogens with zero attached hydrogens (tertiary/aromatic N) is 3. The number of para-hydroxylation sites is 2. The minimum atomic E-state index is -0.280. The minimum absolute atomic E-state index is 0. The number of nitrogens with two attached hydrogens (primary N) is 1. The van der Waals surface area contributed by atoms with Crippen molar-refractivity contribution in [2.75, 3.05) is 18.5 Å². The van der Waals surface area contributed by atoms with Crippen molar-refractivity contribution in [1.29, 1.82) is 0 Å². The van der Waals surface area contributed by atoms with E-state index in [0.29, 0.717) is 37.9 Å². The number of thiazole rings is 1. The van der Waals surface area contributed by atoms with Gasteiger partial charge >= 0.3 is 0 Å². The van der Waals surface area contributed by atoms with Crippen molar-refractivity contribution in [3.63, 3.8) is 0 Å². The molecule has 140 valence electrons. The number of amides is 1. The molecule has 3 N–H and O–H groups in total. The highest BCUT2D eigenvalue weighted by Gasteiger charge is 2.16. The fourth-order valence-corrected chi connectivity index (χ4v) is 3.20. The lowest BCUT2D eigenvalue weighted by atomic mass is 10.3. The Labute approximate surface area is 162 Å². The fraction of sp³-hybridized carbons (Fsp3) is 0.353. The molecule has 2 heterocycles. The lowest BCUT2D eigenvalue weighted by molar-refractivity contribution is 0.102. The predicted molar refractivity (Wildman–Crippen MR) is 106 cm³/mol. The van der Waals surface area contributed by atoms with Gasteiger partial charge in [-0.05, 0) is 25.5 Å². The smallest absolute Gasteiger partial charge is 0.277 e. The molecule has 1 amide bonds. The lowest BCUT2D eigenvalue weighted by Crippen LogP contribution is -2.17. The van der Waals surface area contributed by atoms with Crippen LogP contribution in [0.3, 0.4) is 0 Å². The Balaban J connectivity index is 0.00000243. The van der Waals surface area contributed by atoms with E-state index in [9.17, 15) is 4.79 Å². The van der Waals surface area contributed by atoms with Crippen LogP contribution in [0.15, 0.2) is 29.6 Å². The van der Waals surface area contributed by atoms with Crippen LogP contribution in [-0.4, -0.2) is 33.7 Å². The summed E-state index contributed by atoms with van der Waals surface area (Å²) in [6, 6.07) is 7.81. The Kier molecular flexibility index (Phi) is 7.52. The van der Waals surface area contributed by atoms with Gasteiger partial charge in [-0.1, -0.05) is 12.1 Å². The van der Waals surface area contributed by atoms with Gasteiger partial charge in [-0.25, -0.2) is 9.97 Å². The van der Waals surface area contributed by atoms with Crippen LogP contribution in [0.5, 0.6) is 0 Å². The van der Waals surface area contributed by atoms with E-state index in [4.69, 9.17) is 10.5 Å². The van der Waals surface area contributed by atoms with E-state index in [1.54, 1.807) is 5.38 Å². The number of hydrogen-bond acceptors (Lipinski definition) is 6. The number of carbonyl (C=O) groups is 1. The van der Waals surface area contributed by atoms with E-state index < -0.39 is 0 Å². The molecule has 0 bridgehead atoms. The number of hydrogen-bond donors (Lipinski definition) is 2. The van der Waals surface area contributed by atoms with Gasteiger partial charge in [-0.2, -0.15) is 0 Å². The van der Waals surface area contributed by atoms with Gasteiger partial charge in [0.2, 0.25) is 5.95 Å². The maximum atomic E-state index is 12.5. The molecule has 0 aliphatic heterocycles. The topological polar surface area (TPSA) is 95.1 Å². The molecule has 0 fully saturated rings. The number of benzene rings is 1. The van der Waals surface area contributed by atoms with Crippen LogP contribution in [0.25, 0.3) is 11.0 Å². The molecule has 1 aromatic carbocycles. The van der Waals surface area contributed by atoms with Crippen molar-refractivity contribution >= 4 is 46.6 Å². The molecule has 9 heteroatoms. The highest BCUT2D eigenvalue weighted by atomic mass is 35.5. The molecule has 0 unspecified atom stereocenters. The number of aromatic nitrogens is 3. The quantitative estimate of drug-likeness (QED) is 0.571. The number of aryl methyl sites for hydroxylation is 1. The largest absolute Gasteiger partial charge is 0.382 e. The Morgan fingerprint density at radius 1 is 1.35 bits per heavy atom. The predicted octanol–water partition coefficient (Wildman–Crippen LogP) is 3.05. The van der Waals surface area contributed by atoms with Crippen LogP contribution in [0.1, 0.15) is 28.8 Å². The number of carbonyl (C=O) groups excluding carboxylic acids is 1. The summed E-state index contributed by atoms with van der Waals surface area (Å²) in [5.41, 5.74) is 7.74. The van der Waals surface area contributed by atoms with Crippen molar-refractivity contribution in [1.82, 2.24) is 14.5 Å². The number of imidazole rings is 1. The second-order valence-electron chi connectivity index (χ2n) is 5.41. The van der Waals surface area contributed by atoms with Gasteiger partial charge in [-0.15, -0.1) is 23.7 Å². The highest BCUT2D eigenvalue weighted by molar-refractivity contribution is 7.09. The van der Waals surface area contributed by atoms with E-state index in [2.05, 4.69) is 15.3 Å². The normalized spacial score (nSPS) is 10.7. The van der Waals surface area contributed by atoms with Gasteiger partial charge in [0.05, 0.1) is 11.0 Å². The third-order valence-corrected chi connectivity index (χ3v) is 4.58. The van der Waals surface area contributed by atoms with Gasteiger partial charge in [-0.3, -0.25) is 10.1 Å². The van der Waals surface area contributed by atoms with Gasteiger partial charge in [0.15, 0.2) is 0 Å². The number of rotatable bonds is 8.